The molecular formula is C16H16ClF2N. The molecule has 0 radical (unpaired) electrons. The summed E-state index contributed by atoms with van der Waals surface area (Å²) in [6, 6.07) is 8.99. The van der Waals surface area contributed by atoms with E-state index >= 15 is 0 Å². The zero-order valence-corrected chi connectivity index (χ0v) is 12.1. The highest BCUT2D eigenvalue weighted by atomic mass is 35.5. The van der Waals surface area contributed by atoms with Crippen molar-refractivity contribution in [1.82, 2.24) is 5.32 Å². The highest BCUT2D eigenvalue weighted by molar-refractivity contribution is 6.30. The molecule has 0 heterocycles. The predicted molar refractivity (Wildman–Crippen MR) is 78.1 cm³/mol. The van der Waals surface area contributed by atoms with Crippen LogP contribution in [0, 0.1) is 18.6 Å². The molecule has 1 nitrogen and oxygen atoms in total. The van der Waals surface area contributed by atoms with Gasteiger partial charge in [-0.3, -0.25) is 0 Å². The van der Waals surface area contributed by atoms with Crippen molar-refractivity contribution in [2.45, 2.75) is 19.4 Å². The van der Waals surface area contributed by atoms with E-state index in [2.05, 4.69) is 5.32 Å². The second kappa shape index (κ2) is 6.33. The van der Waals surface area contributed by atoms with Crippen molar-refractivity contribution < 1.29 is 8.78 Å². The van der Waals surface area contributed by atoms with Crippen LogP contribution in [0.1, 0.15) is 22.7 Å². The van der Waals surface area contributed by atoms with Gasteiger partial charge in [-0.25, -0.2) is 8.78 Å². The number of hydrogen-bond acceptors (Lipinski definition) is 1. The van der Waals surface area contributed by atoms with Crippen LogP contribution in [-0.4, -0.2) is 7.05 Å². The molecule has 0 spiro atoms. The van der Waals surface area contributed by atoms with Gasteiger partial charge in [0.25, 0.3) is 0 Å². The molecule has 1 unspecified atom stereocenters. The summed E-state index contributed by atoms with van der Waals surface area (Å²) in [5.41, 5.74) is 2.40. The van der Waals surface area contributed by atoms with Crippen molar-refractivity contribution in [2.24, 2.45) is 0 Å². The molecule has 20 heavy (non-hydrogen) atoms. The molecule has 1 atom stereocenters. The first kappa shape index (κ1) is 14.9. The van der Waals surface area contributed by atoms with E-state index in [4.69, 9.17) is 11.6 Å². The molecule has 0 aromatic heterocycles. The molecular weight excluding hydrogens is 280 g/mol. The molecule has 4 heteroatoms. The first-order valence-corrected chi connectivity index (χ1v) is 6.76. The maximum absolute atomic E-state index is 13.7. The summed E-state index contributed by atoms with van der Waals surface area (Å²) in [4.78, 5) is 0. The van der Waals surface area contributed by atoms with E-state index in [1.807, 2.05) is 25.1 Å². The van der Waals surface area contributed by atoms with Gasteiger partial charge < -0.3 is 5.32 Å². The van der Waals surface area contributed by atoms with Crippen LogP contribution in [0.15, 0.2) is 36.4 Å². The van der Waals surface area contributed by atoms with Crippen LogP contribution in [0.4, 0.5) is 8.78 Å². The Morgan fingerprint density at radius 1 is 1.15 bits per heavy atom. The van der Waals surface area contributed by atoms with Gasteiger partial charge in [-0.05, 0) is 67.4 Å². The second-order valence-electron chi connectivity index (χ2n) is 4.78. The van der Waals surface area contributed by atoms with Crippen molar-refractivity contribution in [1.29, 1.82) is 0 Å². The molecule has 0 saturated heterocycles. The minimum atomic E-state index is -0.431. The van der Waals surface area contributed by atoms with Crippen molar-refractivity contribution in [3.05, 3.63) is 69.7 Å². The van der Waals surface area contributed by atoms with Gasteiger partial charge in [0, 0.05) is 11.1 Å². The van der Waals surface area contributed by atoms with Gasteiger partial charge in [-0.2, -0.15) is 0 Å². The van der Waals surface area contributed by atoms with Gasteiger partial charge in [0.15, 0.2) is 0 Å². The topological polar surface area (TPSA) is 12.0 Å². The SMILES string of the molecule is CNC(Cc1cc(F)ccc1F)c1cc(Cl)ccc1C. The number of likely N-dealkylation sites (N-methyl/N-ethyl adjacent to an activating group) is 1. The fraction of sp³-hybridized carbons (Fsp3) is 0.250. The standard InChI is InChI=1S/C16H16ClF2N/c1-10-3-4-12(17)9-14(10)16(20-2)8-11-7-13(18)5-6-15(11)19/h3-7,9,16,20H,8H2,1-2H3. The van der Waals surface area contributed by atoms with E-state index in [-0.39, 0.29) is 6.04 Å². The molecule has 0 aliphatic carbocycles. The van der Waals surface area contributed by atoms with Crippen molar-refractivity contribution in [2.75, 3.05) is 7.05 Å². The van der Waals surface area contributed by atoms with E-state index in [1.165, 1.54) is 6.07 Å². The summed E-state index contributed by atoms with van der Waals surface area (Å²) in [7, 11) is 1.79. The van der Waals surface area contributed by atoms with Crippen LogP contribution in [0.25, 0.3) is 0 Å². The molecule has 2 aromatic carbocycles. The van der Waals surface area contributed by atoms with Crippen LogP contribution < -0.4 is 5.32 Å². The quantitative estimate of drug-likeness (QED) is 0.880. The molecule has 0 aliphatic heterocycles. The lowest BCUT2D eigenvalue weighted by Gasteiger charge is -2.19. The summed E-state index contributed by atoms with van der Waals surface area (Å²) < 4.78 is 27.0. The molecule has 0 saturated carbocycles. The summed E-state index contributed by atoms with van der Waals surface area (Å²) in [5, 5.41) is 3.76. The smallest absolute Gasteiger partial charge is 0.126 e. The van der Waals surface area contributed by atoms with Crippen molar-refractivity contribution in [3.8, 4) is 0 Å². The third-order valence-corrected chi connectivity index (χ3v) is 3.63. The third kappa shape index (κ3) is 3.35. The minimum Gasteiger partial charge on any atom is -0.313 e. The lowest BCUT2D eigenvalue weighted by Crippen LogP contribution is -2.20. The van der Waals surface area contributed by atoms with Gasteiger partial charge in [0.1, 0.15) is 11.6 Å². The van der Waals surface area contributed by atoms with Crippen molar-refractivity contribution in [3.63, 3.8) is 0 Å². The van der Waals surface area contributed by atoms with E-state index < -0.39 is 11.6 Å². The summed E-state index contributed by atoms with van der Waals surface area (Å²) in [6.45, 7) is 1.97. The lowest BCUT2D eigenvalue weighted by atomic mass is 9.95. The second-order valence-corrected chi connectivity index (χ2v) is 5.22. The zero-order valence-electron chi connectivity index (χ0n) is 11.4. The third-order valence-electron chi connectivity index (χ3n) is 3.40. The number of aryl methyl sites for hydroxylation is 1. The van der Waals surface area contributed by atoms with E-state index in [0.29, 0.717) is 17.0 Å². The van der Waals surface area contributed by atoms with Crippen molar-refractivity contribution >= 4 is 11.6 Å². The van der Waals surface area contributed by atoms with Crippen LogP contribution >= 0.6 is 11.6 Å². The highest BCUT2D eigenvalue weighted by Gasteiger charge is 2.15. The van der Waals surface area contributed by atoms with E-state index in [9.17, 15) is 8.78 Å². The first-order valence-electron chi connectivity index (χ1n) is 6.38. The Morgan fingerprint density at radius 3 is 2.60 bits per heavy atom. The van der Waals surface area contributed by atoms with Crippen LogP contribution in [-0.2, 0) is 6.42 Å². The van der Waals surface area contributed by atoms with Crippen LogP contribution in [0.5, 0.6) is 0 Å². The average molecular weight is 296 g/mol. The molecule has 2 aromatic rings. The van der Waals surface area contributed by atoms with Crippen LogP contribution in [0.2, 0.25) is 5.02 Å². The summed E-state index contributed by atoms with van der Waals surface area (Å²) >= 11 is 6.02. The largest absolute Gasteiger partial charge is 0.313 e. The van der Waals surface area contributed by atoms with E-state index in [0.717, 1.165) is 23.3 Å². The number of rotatable bonds is 4. The Kier molecular flexibility index (Phi) is 4.73. The maximum Gasteiger partial charge on any atom is 0.126 e. The molecule has 106 valence electrons. The Hall–Kier alpha value is -1.45. The molecule has 0 fully saturated rings. The molecule has 2 rings (SSSR count). The Balaban J connectivity index is 2.33. The highest BCUT2D eigenvalue weighted by Crippen LogP contribution is 2.25. The fourth-order valence-electron chi connectivity index (χ4n) is 2.27. The number of hydrogen-bond donors (Lipinski definition) is 1. The first-order chi connectivity index (χ1) is 9.51. The van der Waals surface area contributed by atoms with Gasteiger partial charge >= 0.3 is 0 Å². The van der Waals surface area contributed by atoms with Gasteiger partial charge in [0.2, 0.25) is 0 Å². The van der Waals surface area contributed by atoms with E-state index in [1.54, 1.807) is 7.05 Å². The Labute approximate surface area is 122 Å². The minimum absolute atomic E-state index is 0.120. The Morgan fingerprint density at radius 2 is 1.90 bits per heavy atom. The average Bonchev–Trinajstić information content (AvgIpc) is 2.42. The summed E-state index contributed by atoms with van der Waals surface area (Å²) in [5.74, 6) is -0.828. The zero-order chi connectivity index (χ0) is 14.7. The van der Waals surface area contributed by atoms with Gasteiger partial charge in [0.05, 0.1) is 0 Å². The molecule has 0 aliphatic rings. The number of benzene rings is 2. The predicted octanol–water partition coefficient (Wildman–Crippen LogP) is 4.43. The van der Waals surface area contributed by atoms with Crippen LogP contribution in [0.3, 0.4) is 0 Å². The normalized spacial score (nSPS) is 12.4. The maximum atomic E-state index is 13.7. The monoisotopic (exact) mass is 295 g/mol. The lowest BCUT2D eigenvalue weighted by molar-refractivity contribution is 0.542. The summed E-state index contributed by atoms with van der Waals surface area (Å²) in [6.07, 6.45) is 0.362. The fourth-order valence-corrected chi connectivity index (χ4v) is 2.45. The number of halogens is 3. The van der Waals surface area contributed by atoms with Gasteiger partial charge in [-0.1, -0.05) is 17.7 Å². The number of nitrogens with one attached hydrogen (secondary N) is 1. The molecule has 1 N–H and O–H groups in total. The molecule has 0 amide bonds. The Bertz CT molecular complexity index is 613. The van der Waals surface area contributed by atoms with Gasteiger partial charge in [-0.15, -0.1) is 0 Å². The molecule has 0 bridgehead atoms.